The summed E-state index contributed by atoms with van der Waals surface area (Å²) < 4.78 is 0. The molecule has 0 bridgehead atoms. The first-order valence-corrected chi connectivity index (χ1v) is 10.2. The van der Waals surface area contributed by atoms with E-state index in [0.717, 1.165) is 5.56 Å². The number of hydrogen-bond acceptors (Lipinski definition) is 5. The lowest BCUT2D eigenvalue weighted by atomic mass is 9.55. The first-order valence-electron chi connectivity index (χ1n) is 10.2. The second-order valence-corrected chi connectivity index (χ2v) is 8.65. The molecule has 3 atom stereocenters. The topological polar surface area (TPSA) is 98.5 Å². The maximum absolute atomic E-state index is 9.98. The van der Waals surface area contributed by atoms with Crippen LogP contribution in [-0.2, 0) is 0 Å². The first kappa shape index (κ1) is 20.8. The monoisotopic (exact) mass is 385 g/mol. The molecule has 148 valence electrons. The third-order valence-corrected chi connectivity index (χ3v) is 6.51. The minimum atomic E-state index is -1.64. The SMILES string of the molecule is CC(C)c1ccc([C@@H]2C(C#N)C(=N)C(C#N)(C#N)C3=CCN(C(C)C)C[C@@H]32)cc1. The van der Waals surface area contributed by atoms with Gasteiger partial charge in [0.2, 0.25) is 5.41 Å². The maximum atomic E-state index is 9.98. The molecule has 0 aromatic heterocycles. The van der Waals surface area contributed by atoms with Crippen molar-refractivity contribution in [3.63, 3.8) is 0 Å². The fourth-order valence-corrected chi connectivity index (χ4v) is 4.70. The molecule has 1 N–H and O–H groups in total. The van der Waals surface area contributed by atoms with Crippen LogP contribution in [0.2, 0.25) is 0 Å². The van der Waals surface area contributed by atoms with Crippen molar-refractivity contribution in [1.82, 2.24) is 4.90 Å². The molecule has 2 aliphatic rings. The molecule has 3 rings (SSSR count). The number of nitriles is 3. The summed E-state index contributed by atoms with van der Waals surface area (Å²) in [5.41, 5.74) is 1.20. The Morgan fingerprint density at radius 1 is 1.07 bits per heavy atom. The van der Waals surface area contributed by atoms with Crippen LogP contribution < -0.4 is 0 Å². The minimum Gasteiger partial charge on any atom is -0.305 e. The molecule has 0 saturated heterocycles. The molecular formula is C24H27N5. The summed E-state index contributed by atoms with van der Waals surface area (Å²) >= 11 is 0. The number of nitrogens with one attached hydrogen (secondary N) is 1. The predicted octanol–water partition coefficient (Wildman–Crippen LogP) is 4.37. The van der Waals surface area contributed by atoms with Crippen molar-refractivity contribution in [2.24, 2.45) is 17.3 Å². The van der Waals surface area contributed by atoms with Crippen LogP contribution in [0.4, 0.5) is 0 Å². The summed E-state index contributed by atoms with van der Waals surface area (Å²) in [6.45, 7) is 9.86. The molecule has 29 heavy (non-hydrogen) atoms. The van der Waals surface area contributed by atoms with E-state index in [9.17, 15) is 15.8 Å². The van der Waals surface area contributed by atoms with Crippen molar-refractivity contribution >= 4 is 5.71 Å². The van der Waals surface area contributed by atoms with Gasteiger partial charge in [-0.25, -0.2) is 0 Å². The van der Waals surface area contributed by atoms with Gasteiger partial charge in [-0.05, 0) is 36.5 Å². The lowest BCUT2D eigenvalue weighted by molar-refractivity contribution is 0.175. The smallest absolute Gasteiger partial charge is 0.203 e. The highest BCUT2D eigenvalue weighted by Crippen LogP contribution is 2.52. The Kier molecular flexibility index (Phi) is 5.61. The van der Waals surface area contributed by atoms with E-state index in [-0.39, 0.29) is 17.5 Å². The van der Waals surface area contributed by atoms with Gasteiger partial charge in [-0.2, -0.15) is 15.8 Å². The van der Waals surface area contributed by atoms with Gasteiger partial charge in [0.05, 0.1) is 29.8 Å². The summed E-state index contributed by atoms with van der Waals surface area (Å²) in [5, 5.41) is 38.5. The van der Waals surface area contributed by atoms with E-state index in [2.05, 4.69) is 75.1 Å². The highest BCUT2D eigenvalue weighted by Gasteiger charge is 2.56. The largest absolute Gasteiger partial charge is 0.305 e. The van der Waals surface area contributed by atoms with E-state index in [4.69, 9.17) is 5.41 Å². The minimum absolute atomic E-state index is 0.0802. The molecule has 0 radical (unpaired) electrons. The summed E-state index contributed by atoms with van der Waals surface area (Å²) in [6.07, 6.45) is 1.96. The predicted molar refractivity (Wildman–Crippen MR) is 112 cm³/mol. The Morgan fingerprint density at radius 3 is 2.17 bits per heavy atom. The highest BCUT2D eigenvalue weighted by atomic mass is 15.2. The van der Waals surface area contributed by atoms with Crippen molar-refractivity contribution < 1.29 is 0 Å². The number of hydrogen-bond donors (Lipinski definition) is 1. The highest BCUT2D eigenvalue weighted by molar-refractivity contribution is 6.01. The summed E-state index contributed by atoms with van der Waals surface area (Å²) in [5.74, 6) is -0.772. The van der Waals surface area contributed by atoms with Crippen LogP contribution >= 0.6 is 0 Å². The van der Waals surface area contributed by atoms with Crippen LogP contribution in [0.1, 0.15) is 50.7 Å². The second-order valence-electron chi connectivity index (χ2n) is 8.65. The average Bonchev–Trinajstić information content (AvgIpc) is 2.73. The van der Waals surface area contributed by atoms with Gasteiger partial charge < -0.3 is 5.41 Å². The number of rotatable bonds is 3. The van der Waals surface area contributed by atoms with Gasteiger partial charge in [0.1, 0.15) is 0 Å². The molecule has 1 heterocycles. The Hall–Kier alpha value is -2.94. The van der Waals surface area contributed by atoms with Crippen LogP contribution in [0.3, 0.4) is 0 Å². The lowest BCUT2D eigenvalue weighted by Gasteiger charge is -2.48. The molecular weight excluding hydrogens is 358 g/mol. The molecule has 1 aromatic carbocycles. The standard InChI is InChI=1S/C24H27N5/c1-15(2)17-5-7-18(8-6-17)22-19(11-25)23(28)24(13-26,14-27)21-9-10-29(16(3)4)12-20(21)22/h5-9,15-16,19-20,22,28H,10,12H2,1-4H3/t19?,20-,22+/m0/s1. The molecule has 1 aliphatic heterocycles. The number of nitrogens with zero attached hydrogens (tertiary/aromatic N) is 4. The van der Waals surface area contributed by atoms with Crippen molar-refractivity contribution in [3.8, 4) is 18.2 Å². The van der Waals surface area contributed by atoms with Gasteiger partial charge in [-0.15, -0.1) is 0 Å². The molecule has 1 fully saturated rings. The molecule has 0 spiro atoms. The summed E-state index contributed by atoms with van der Waals surface area (Å²) in [7, 11) is 0. The van der Waals surface area contributed by atoms with E-state index in [1.807, 2.05) is 6.08 Å². The summed E-state index contributed by atoms with van der Waals surface area (Å²) in [6, 6.07) is 15.0. The van der Waals surface area contributed by atoms with E-state index in [0.29, 0.717) is 30.6 Å². The quantitative estimate of drug-likeness (QED) is 0.781. The fraction of sp³-hybridized carbons (Fsp3) is 0.500. The Bertz CT molecular complexity index is 935. The van der Waals surface area contributed by atoms with Gasteiger partial charge >= 0.3 is 0 Å². The third-order valence-electron chi connectivity index (χ3n) is 6.51. The van der Waals surface area contributed by atoms with Gasteiger partial charge in [0, 0.05) is 31.0 Å². The Balaban J connectivity index is 2.17. The summed E-state index contributed by atoms with van der Waals surface area (Å²) in [4.78, 5) is 2.30. The van der Waals surface area contributed by atoms with Crippen molar-refractivity contribution in [2.45, 2.75) is 45.6 Å². The fourth-order valence-electron chi connectivity index (χ4n) is 4.70. The molecule has 5 nitrogen and oxygen atoms in total. The van der Waals surface area contributed by atoms with Crippen LogP contribution in [0.25, 0.3) is 0 Å². The third kappa shape index (κ3) is 3.25. The average molecular weight is 386 g/mol. The van der Waals surface area contributed by atoms with Crippen molar-refractivity contribution in [1.29, 1.82) is 21.2 Å². The Labute approximate surface area is 173 Å². The molecule has 1 unspecified atom stereocenters. The maximum Gasteiger partial charge on any atom is 0.203 e. The van der Waals surface area contributed by atoms with E-state index < -0.39 is 11.3 Å². The van der Waals surface area contributed by atoms with Crippen LogP contribution in [0.15, 0.2) is 35.9 Å². The molecule has 0 amide bonds. The normalized spacial score (nSPS) is 26.2. The zero-order valence-corrected chi connectivity index (χ0v) is 17.5. The van der Waals surface area contributed by atoms with Gasteiger partial charge in [0.15, 0.2) is 0 Å². The van der Waals surface area contributed by atoms with Crippen LogP contribution in [0.5, 0.6) is 0 Å². The number of benzene rings is 1. The van der Waals surface area contributed by atoms with Gasteiger partial charge in [-0.1, -0.05) is 44.2 Å². The molecule has 1 aromatic rings. The zero-order chi connectivity index (χ0) is 21.3. The zero-order valence-electron chi connectivity index (χ0n) is 17.5. The lowest BCUT2D eigenvalue weighted by Crippen LogP contribution is -2.53. The molecule has 1 aliphatic carbocycles. The van der Waals surface area contributed by atoms with Gasteiger partial charge in [-0.3, -0.25) is 4.90 Å². The van der Waals surface area contributed by atoms with E-state index >= 15 is 0 Å². The van der Waals surface area contributed by atoms with Crippen molar-refractivity contribution in [3.05, 3.63) is 47.0 Å². The Morgan fingerprint density at radius 2 is 1.69 bits per heavy atom. The van der Waals surface area contributed by atoms with Crippen molar-refractivity contribution in [2.75, 3.05) is 13.1 Å². The van der Waals surface area contributed by atoms with Crippen LogP contribution in [0, 0.1) is 56.7 Å². The second kappa shape index (κ2) is 7.82. The molecule has 5 heteroatoms. The first-order chi connectivity index (χ1) is 13.8. The molecule has 1 saturated carbocycles. The van der Waals surface area contributed by atoms with E-state index in [1.54, 1.807) is 0 Å². The van der Waals surface area contributed by atoms with Crippen LogP contribution in [-0.4, -0.2) is 29.7 Å². The number of fused-ring (bicyclic) bond motifs is 1. The van der Waals surface area contributed by atoms with Gasteiger partial charge in [0.25, 0.3) is 0 Å². The van der Waals surface area contributed by atoms with E-state index in [1.165, 1.54) is 5.56 Å².